The molecule has 0 spiro atoms. The minimum atomic E-state index is 0.377. The van der Waals surface area contributed by atoms with Crippen molar-refractivity contribution in [2.24, 2.45) is 5.41 Å². The van der Waals surface area contributed by atoms with E-state index in [4.69, 9.17) is 23.2 Å². The van der Waals surface area contributed by atoms with Crippen molar-refractivity contribution in [2.75, 3.05) is 0 Å². The molecule has 1 aliphatic rings. The molecule has 0 nitrogen and oxygen atoms in total. The summed E-state index contributed by atoms with van der Waals surface area (Å²) in [7, 11) is 0. The van der Waals surface area contributed by atoms with Crippen LogP contribution in [0.2, 0.25) is 5.02 Å². The first-order valence-electron chi connectivity index (χ1n) is 5.46. The van der Waals surface area contributed by atoms with Crippen LogP contribution in [-0.2, 0) is 6.42 Å². The van der Waals surface area contributed by atoms with Gasteiger partial charge in [0.15, 0.2) is 0 Å². The van der Waals surface area contributed by atoms with E-state index in [1.807, 2.05) is 12.1 Å². The standard InChI is InChI=1S/C13H16Cl2/c1-13(7-6-12(15)9-13)8-10-2-4-11(14)5-3-10/h2-5,12H,6-9H2,1H3. The van der Waals surface area contributed by atoms with Gasteiger partial charge in [-0.05, 0) is 48.8 Å². The van der Waals surface area contributed by atoms with Gasteiger partial charge in [0.1, 0.15) is 0 Å². The van der Waals surface area contributed by atoms with Gasteiger partial charge in [0.2, 0.25) is 0 Å². The fraction of sp³-hybridized carbons (Fsp3) is 0.538. The fourth-order valence-electron chi connectivity index (χ4n) is 2.50. The first kappa shape index (κ1) is 11.3. The van der Waals surface area contributed by atoms with Crippen LogP contribution in [0.25, 0.3) is 0 Å². The van der Waals surface area contributed by atoms with Gasteiger partial charge in [0.05, 0.1) is 0 Å². The first-order chi connectivity index (χ1) is 7.07. The highest BCUT2D eigenvalue weighted by atomic mass is 35.5. The molecule has 0 heterocycles. The summed E-state index contributed by atoms with van der Waals surface area (Å²) in [6.07, 6.45) is 4.65. The Bertz CT molecular complexity index is 331. The average molecular weight is 243 g/mol. The van der Waals surface area contributed by atoms with E-state index in [0.717, 1.165) is 24.3 Å². The molecular weight excluding hydrogens is 227 g/mol. The summed E-state index contributed by atoms with van der Waals surface area (Å²) in [5.41, 5.74) is 1.76. The molecule has 0 radical (unpaired) electrons. The second-order valence-electron chi connectivity index (χ2n) is 4.95. The lowest BCUT2D eigenvalue weighted by Crippen LogP contribution is -2.15. The number of hydrogen-bond acceptors (Lipinski definition) is 0. The van der Waals surface area contributed by atoms with Crippen molar-refractivity contribution in [3.63, 3.8) is 0 Å². The summed E-state index contributed by atoms with van der Waals surface area (Å²) in [6.45, 7) is 2.34. The number of rotatable bonds is 2. The summed E-state index contributed by atoms with van der Waals surface area (Å²) in [5, 5.41) is 1.19. The number of hydrogen-bond donors (Lipinski definition) is 0. The topological polar surface area (TPSA) is 0 Å². The van der Waals surface area contributed by atoms with E-state index < -0.39 is 0 Å². The molecule has 0 aliphatic heterocycles. The maximum Gasteiger partial charge on any atom is 0.0406 e. The lowest BCUT2D eigenvalue weighted by atomic mass is 9.82. The van der Waals surface area contributed by atoms with Gasteiger partial charge in [-0.2, -0.15) is 0 Å². The zero-order valence-electron chi connectivity index (χ0n) is 8.97. The SMILES string of the molecule is CC1(Cc2ccc(Cl)cc2)CCC(Cl)C1. The molecule has 2 rings (SSSR count). The van der Waals surface area contributed by atoms with Gasteiger partial charge in [0, 0.05) is 10.4 Å². The third-order valence-corrected chi connectivity index (χ3v) is 3.94. The molecule has 0 saturated heterocycles. The van der Waals surface area contributed by atoms with E-state index in [2.05, 4.69) is 19.1 Å². The molecule has 0 aromatic heterocycles. The molecular formula is C13H16Cl2. The quantitative estimate of drug-likeness (QED) is 0.661. The van der Waals surface area contributed by atoms with Gasteiger partial charge < -0.3 is 0 Å². The summed E-state index contributed by atoms with van der Waals surface area (Å²) >= 11 is 12.0. The minimum Gasteiger partial charge on any atom is -0.123 e. The van der Waals surface area contributed by atoms with Crippen molar-refractivity contribution in [1.29, 1.82) is 0 Å². The highest BCUT2D eigenvalue weighted by molar-refractivity contribution is 6.30. The van der Waals surface area contributed by atoms with E-state index in [-0.39, 0.29) is 0 Å². The molecule has 0 bridgehead atoms. The van der Waals surface area contributed by atoms with Crippen LogP contribution in [0, 0.1) is 5.41 Å². The van der Waals surface area contributed by atoms with Crippen LogP contribution in [0.15, 0.2) is 24.3 Å². The molecule has 2 atom stereocenters. The molecule has 1 aromatic rings. The smallest absolute Gasteiger partial charge is 0.0406 e. The van der Waals surface area contributed by atoms with E-state index >= 15 is 0 Å². The summed E-state index contributed by atoms with van der Waals surface area (Å²) < 4.78 is 0. The normalized spacial score (nSPS) is 30.7. The van der Waals surface area contributed by atoms with Crippen LogP contribution < -0.4 is 0 Å². The second kappa shape index (κ2) is 4.35. The molecule has 0 amide bonds. The number of benzene rings is 1. The van der Waals surface area contributed by atoms with Gasteiger partial charge >= 0.3 is 0 Å². The van der Waals surface area contributed by atoms with Gasteiger partial charge in [-0.25, -0.2) is 0 Å². The number of halogens is 2. The molecule has 2 heteroatoms. The first-order valence-corrected chi connectivity index (χ1v) is 6.27. The van der Waals surface area contributed by atoms with E-state index in [1.54, 1.807) is 0 Å². The Hall–Kier alpha value is -0.200. The molecule has 1 aromatic carbocycles. The van der Waals surface area contributed by atoms with Gasteiger partial charge in [0.25, 0.3) is 0 Å². The van der Waals surface area contributed by atoms with Crippen molar-refractivity contribution in [3.8, 4) is 0 Å². The highest BCUT2D eigenvalue weighted by Crippen LogP contribution is 2.42. The van der Waals surface area contributed by atoms with E-state index in [9.17, 15) is 0 Å². The van der Waals surface area contributed by atoms with Crippen molar-refractivity contribution in [1.82, 2.24) is 0 Å². The summed E-state index contributed by atoms with van der Waals surface area (Å²) in [4.78, 5) is 0. The largest absolute Gasteiger partial charge is 0.123 e. The molecule has 1 saturated carbocycles. The third kappa shape index (κ3) is 2.89. The maximum atomic E-state index is 6.17. The predicted octanol–water partition coefficient (Wildman–Crippen LogP) is 4.68. The van der Waals surface area contributed by atoms with Gasteiger partial charge in [-0.3, -0.25) is 0 Å². The molecule has 1 fully saturated rings. The Morgan fingerprint density at radius 2 is 2.00 bits per heavy atom. The Morgan fingerprint density at radius 1 is 1.33 bits per heavy atom. The third-order valence-electron chi connectivity index (χ3n) is 3.32. The lowest BCUT2D eigenvalue weighted by molar-refractivity contribution is 0.335. The molecule has 82 valence electrons. The van der Waals surface area contributed by atoms with Crippen molar-refractivity contribution < 1.29 is 0 Å². The maximum absolute atomic E-state index is 6.17. The van der Waals surface area contributed by atoms with Crippen LogP contribution in [0.3, 0.4) is 0 Å². The summed E-state index contributed by atoms with van der Waals surface area (Å²) in [6, 6.07) is 8.17. The lowest BCUT2D eigenvalue weighted by Gasteiger charge is -2.23. The van der Waals surface area contributed by atoms with E-state index in [0.29, 0.717) is 10.8 Å². The fourth-order valence-corrected chi connectivity index (χ4v) is 3.11. The van der Waals surface area contributed by atoms with Crippen LogP contribution in [0.5, 0.6) is 0 Å². The average Bonchev–Trinajstić information content (AvgIpc) is 2.50. The molecule has 2 unspecified atom stereocenters. The monoisotopic (exact) mass is 242 g/mol. The van der Waals surface area contributed by atoms with Crippen molar-refractivity contribution in [3.05, 3.63) is 34.9 Å². The van der Waals surface area contributed by atoms with Crippen LogP contribution in [-0.4, -0.2) is 5.38 Å². The van der Waals surface area contributed by atoms with Gasteiger partial charge in [-0.1, -0.05) is 30.7 Å². The van der Waals surface area contributed by atoms with E-state index in [1.165, 1.54) is 12.0 Å². The molecule has 15 heavy (non-hydrogen) atoms. The van der Waals surface area contributed by atoms with Crippen LogP contribution in [0.1, 0.15) is 31.7 Å². The van der Waals surface area contributed by atoms with Crippen molar-refractivity contribution >= 4 is 23.2 Å². The minimum absolute atomic E-state index is 0.377. The zero-order chi connectivity index (χ0) is 10.9. The predicted molar refractivity (Wildman–Crippen MR) is 66.8 cm³/mol. The zero-order valence-corrected chi connectivity index (χ0v) is 10.5. The summed E-state index contributed by atoms with van der Waals surface area (Å²) in [5.74, 6) is 0. The Labute approximate surface area is 102 Å². The Morgan fingerprint density at radius 3 is 2.53 bits per heavy atom. The van der Waals surface area contributed by atoms with Crippen LogP contribution in [0.4, 0.5) is 0 Å². The second-order valence-corrected chi connectivity index (χ2v) is 6.01. The van der Waals surface area contributed by atoms with Crippen molar-refractivity contribution in [2.45, 2.75) is 38.0 Å². The van der Waals surface area contributed by atoms with Crippen LogP contribution >= 0.6 is 23.2 Å². The molecule has 0 N–H and O–H groups in total. The Balaban J connectivity index is 2.05. The highest BCUT2D eigenvalue weighted by Gasteiger charge is 2.33. The number of alkyl halides is 1. The molecule has 1 aliphatic carbocycles. The Kier molecular flexibility index (Phi) is 3.27. The van der Waals surface area contributed by atoms with Gasteiger partial charge in [-0.15, -0.1) is 11.6 Å².